The van der Waals surface area contributed by atoms with E-state index in [-0.39, 0.29) is 5.58 Å². The molecular weight excluding hydrogens is 406 g/mol. The fourth-order valence-corrected chi connectivity index (χ4v) is 3.68. The number of benzene rings is 2. The van der Waals surface area contributed by atoms with E-state index >= 15 is 0 Å². The van der Waals surface area contributed by atoms with Crippen molar-refractivity contribution in [2.24, 2.45) is 0 Å². The lowest BCUT2D eigenvalue weighted by Crippen LogP contribution is -2.33. The van der Waals surface area contributed by atoms with Gasteiger partial charge in [0.1, 0.15) is 11.5 Å². The first kappa shape index (κ1) is 18.2. The molecule has 5 rings (SSSR count). The lowest BCUT2D eigenvalue weighted by molar-refractivity contribution is 0.415. The number of hydrogen-bond acceptors (Lipinski definition) is 5. The van der Waals surface area contributed by atoms with Crippen molar-refractivity contribution in [3.63, 3.8) is 0 Å². The molecule has 0 fully saturated rings. The zero-order valence-electron chi connectivity index (χ0n) is 15.7. The summed E-state index contributed by atoms with van der Waals surface area (Å²) in [5.74, 6) is 0.985. The summed E-state index contributed by atoms with van der Waals surface area (Å²) in [5, 5.41) is 1.88. The zero-order valence-corrected chi connectivity index (χ0v) is 16.4. The van der Waals surface area contributed by atoms with Crippen molar-refractivity contribution < 1.29 is 9.15 Å². The second kappa shape index (κ2) is 6.89. The maximum atomic E-state index is 13.2. The highest BCUT2D eigenvalue weighted by molar-refractivity contribution is 6.33. The quantitative estimate of drug-likeness (QED) is 0.474. The van der Waals surface area contributed by atoms with Gasteiger partial charge in [-0.05, 0) is 30.3 Å². The van der Waals surface area contributed by atoms with E-state index in [1.807, 2.05) is 12.1 Å². The van der Waals surface area contributed by atoms with Gasteiger partial charge in [0.25, 0.3) is 0 Å². The minimum Gasteiger partial charge on any atom is -0.497 e. The van der Waals surface area contributed by atoms with Gasteiger partial charge in [0.15, 0.2) is 0 Å². The predicted molar refractivity (Wildman–Crippen MR) is 115 cm³/mol. The summed E-state index contributed by atoms with van der Waals surface area (Å²) in [4.78, 5) is 33.0. The molecule has 0 unspecified atom stereocenters. The van der Waals surface area contributed by atoms with Crippen LogP contribution in [-0.4, -0.2) is 21.6 Å². The molecule has 0 radical (unpaired) electrons. The number of fused-ring (bicyclic) bond motifs is 2. The Balaban J connectivity index is 1.79. The Bertz CT molecular complexity index is 1550. The van der Waals surface area contributed by atoms with Crippen molar-refractivity contribution in [1.82, 2.24) is 14.5 Å². The van der Waals surface area contributed by atoms with Gasteiger partial charge in [-0.25, -0.2) is 9.36 Å². The first-order chi connectivity index (χ1) is 14.6. The van der Waals surface area contributed by atoms with Crippen LogP contribution in [0.15, 0.2) is 74.9 Å². The molecule has 0 amide bonds. The monoisotopic (exact) mass is 419 g/mol. The zero-order chi connectivity index (χ0) is 20.8. The van der Waals surface area contributed by atoms with E-state index < -0.39 is 11.2 Å². The number of nitrogens with zero attached hydrogens (tertiary/aromatic N) is 2. The minimum absolute atomic E-state index is 0.0180. The van der Waals surface area contributed by atoms with E-state index in [0.29, 0.717) is 38.7 Å². The van der Waals surface area contributed by atoms with Crippen LogP contribution in [0.4, 0.5) is 0 Å². The van der Waals surface area contributed by atoms with Gasteiger partial charge in [-0.15, -0.1) is 0 Å². The molecule has 0 saturated heterocycles. The van der Waals surface area contributed by atoms with Crippen LogP contribution in [0.3, 0.4) is 0 Å². The van der Waals surface area contributed by atoms with Crippen molar-refractivity contribution in [2.45, 2.75) is 0 Å². The highest BCUT2D eigenvalue weighted by Crippen LogP contribution is 2.31. The molecular formula is C22H14ClN3O4. The third kappa shape index (κ3) is 2.79. The van der Waals surface area contributed by atoms with Gasteiger partial charge >= 0.3 is 11.2 Å². The highest BCUT2D eigenvalue weighted by Gasteiger charge is 2.18. The topological polar surface area (TPSA) is 90.1 Å². The van der Waals surface area contributed by atoms with Crippen LogP contribution >= 0.6 is 11.6 Å². The number of furan rings is 1. The molecule has 0 spiro atoms. The molecule has 0 atom stereocenters. The first-order valence-corrected chi connectivity index (χ1v) is 9.40. The SMILES string of the molecule is COc1ccc2cncc(-n3c(=O)[nH]c4cc(-c5ccccc5Cl)oc4c3=O)c2c1. The molecule has 3 aromatic heterocycles. The molecule has 148 valence electrons. The summed E-state index contributed by atoms with van der Waals surface area (Å²) >= 11 is 6.24. The first-order valence-electron chi connectivity index (χ1n) is 9.03. The fourth-order valence-electron chi connectivity index (χ4n) is 3.45. The van der Waals surface area contributed by atoms with E-state index in [4.69, 9.17) is 20.8 Å². The van der Waals surface area contributed by atoms with E-state index in [2.05, 4.69) is 9.97 Å². The van der Waals surface area contributed by atoms with E-state index in [1.165, 1.54) is 6.20 Å². The van der Waals surface area contributed by atoms with E-state index in [9.17, 15) is 9.59 Å². The second-order valence-corrected chi connectivity index (χ2v) is 7.06. The summed E-state index contributed by atoms with van der Waals surface area (Å²) in [5.41, 5.74) is 0.0700. The van der Waals surface area contributed by atoms with Crippen LogP contribution in [0.2, 0.25) is 5.02 Å². The van der Waals surface area contributed by atoms with Gasteiger partial charge in [-0.2, -0.15) is 0 Å². The standard InChI is InChI=1S/C22H14ClN3O4/c1-29-13-7-6-12-10-24-11-18(15(12)8-13)26-21(27)20-17(25-22(26)28)9-19(30-20)14-4-2-3-5-16(14)23/h2-11H,1H3,(H,25,28). The average Bonchev–Trinajstić information content (AvgIpc) is 3.18. The lowest BCUT2D eigenvalue weighted by atomic mass is 10.1. The molecule has 1 N–H and O–H groups in total. The number of aromatic nitrogens is 3. The number of hydrogen-bond donors (Lipinski definition) is 1. The number of nitrogens with one attached hydrogen (secondary N) is 1. The minimum atomic E-state index is -0.601. The van der Waals surface area contributed by atoms with Gasteiger partial charge in [-0.3, -0.25) is 9.78 Å². The van der Waals surface area contributed by atoms with Gasteiger partial charge in [0.2, 0.25) is 5.58 Å². The third-order valence-corrected chi connectivity index (χ3v) is 5.23. The number of methoxy groups -OCH3 is 1. The predicted octanol–water partition coefficient (Wildman–Crippen LogP) is 4.15. The largest absolute Gasteiger partial charge is 0.497 e. The number of halogens is 1. The Morgan fingerprint density at radius 3 is 2.73 bits per heavy atom. The number of pyridine rings is 1. The second-order valence-electron chi connectivity index (χ2n) is 6.65. The van der Waals surface area contributed by atoms with Crippen molar-refractivity contribution in [3.05, 3.63) is 86.8 Å². The van der Waals surface area contributed by atoms with E-state index in [0.717, 1.165) is 9.95 Å². The molecule has 0 aliphatic heterocycles. The summed E-state index contributed by atoms with van der Waals surface area (Å²) in [6.07, 6.45) is 3.11. The normalized spacial score (nSPS) is 11.3. The number of rotatable bonds is 3. The Kier molecular flexibility index (Phi) is 4.18. The van der Waals surface area contributed by atoms with Crippen molar-refractivity contribution >= 4 is 33.5 Å². The van der Waals surface area contributed by atoms with Crippen LogP contribution in [-0.2, 0) is 0 Å². The molecule has 8 heteroatoms. The van der Waals surface area contributed by atoms with Crippen LogP contribution in [0.1, 0.15) is 0 Å². The molecule has 0 saturated carbocycles. The molecule has 3 heterocycles. The van der Waals surface area contributed by atoms with Crippen molar-refractivity contribution in [2.75, 3.05) is 7.11 Å². The average molecular weight is 420 g/mol. The summed E-state index contributed by atoms with van der Waals surface area (Å²) in [6.45, 7) is 0. The molecule has 7 nitrogen and oxygen atoms in total. The molecule has 2 aromatic carbocycles. The van der Waals surface area contributed by atoms with Gasteiger partial charge in [0, 0.05) is 28.6 Å². The number of aromatic amines is 1. The molecule has 0 aliphatic carbocycles. The lowest BCUT2D eigenvalue weighted by Gasteiger charge is -2.09. The Morgan fingerprint density at radius 1 is 1.10 bits per heavy atom. The smallest absolute Gasteiger partial charge is 0.333 e. The Labute approximate surface area is 174 Å². The Morgan fingerprint density at radius 2 is 1.93 bits per heavy atom. The van der Waals surface area contributed by atoms with Crippen molar-refractivity contribution in [3.8, 4) is 22.8 Å². The van der Waals surface area contributed by atoms with Crippen LogP contribution in [0, 0.1) is 0 Å². The number of H-pyrrole nitrogens is 1. The van der Waals surface area contributed by atoms with Gasteiger partial charge in [-0.1, -0.05) is 23.7 Å². The summed E-state index contributed by atoms with van der Waals surface area (Å²) in [6, 6.07) is 14.0. The molecule has 5 aromatic rings. The van der Waals surface area contributed by atoms with Crippen LogP contribution in [0.5, 0.6) is 5.75 Å². The summed E-state index contributed by atoms with van der Waals surface area (Å²) < 4.78 is 12.1. The molecule has 0 aliphatic rings. The Hall–Kier alpha value is -3.84. The highest BCUT2D eigenvalue weighted by atomic mass is 35.5. The molecule has 30 heavy (non-hydrogen) atoms. The number of ether oxygens (including phenoxy) is 1. The van der Waals surface area contributed by atoms with Crippen LogP contribution < -0.4 is 16.0 Å². The van der Waals surface area contributed by atoms with Crippen molar-refractivity contribution in [1.29, 1.82) is 0 Å². The maximum absolute atomic E-state index is 13.2. The van der Waals surface area contributed by atoms with E-state index in [1.54, 1.807) is 49.7 Å². The fraction of sp³-hybridized carbons (Fsp3) is 0.0455. The van der Waals surface area contributed by atoms with Gasteiger partial charge < -0.3 is 14.1 Å². The summed E-state index contributed by atoms with van der Waals surface area (Å²) in [7, 11) is 1.55. The van der Waals surface area contributed by atoms with Gasteiger partial charge in [0.05, 0.1) is 29.5 Å². The van der Waals surface area contributed by atoms with Crippen LogP contribution in [0.25, 0.3) is 38.9 Å². The maximum Gasteiger partial charge on any atom is 0.333 e. The third-order valence-electron chi connectivity index (χ3n) is 4.90. The molecule has 0 bridgehead atoms.